The van der Waals surface area contributed by atoms with Gasteiger partial charge in [-0.1, -0.05) is 44.1 Å². The fraction of sp³-hybridized carbons (Fsp3) is 0.550. The standard InChI is InChI=1S/C20H29N2O5/c1-2-3-4-9-14-19(21(24)25)16-11-8-12-17-20(22(26)27)15-10-6-5-7-13-18-23/h3-4,8,11,14,17H,2,5-7,9-10,12-13,15-16H2,1H3/b4-3+,11-8+,19-14-,20-17-. The van der Waals surface area contributed by atoms with E-state index in [1.54, 1.807) is 24.3 Å². The van der Waals surface area contributed by atoms with Crippen LogP contribution in [0.25, 0.3) is 0 Å². The van der Waals surface area contributed by atoms with E-state index in [9.17, 15) is 25.0 Å². The molecule has 0 spiro atoms. The molecule has 0 fully saturated rings. The minimum atomic E-state index is -0.398. The van der Waals surface area contributed by atoms with Gasteiger partial charge in [0.15, 0.2) is 6.29 Å². The first-order valence-electron chi connectivity index (χ1n) is 9.34. The first-order chi connectivity index (χ1) is 13.0. The van der Waals surface area contributed by atoms with Gasteiger partial charge in [0.25, 0.3) is 0 Å². The van der Waals surface area contributed by atoms with Crippen molar-refractivity contribution >= 4 is 6.29 Å². The molecule has 0 aromatic heterocycles. The average molecular weight is 377 g/mol. The Morgan fingerprint density at radius 1 is 0.852 bits per heavy atom. The summed E-state index contributed by atoms with van der Waals surface area (Å²) in [6.07, 6.45) is 18.1. The molecule has 27 heavy (non-hydrogen) atoms. The van der Waals surface area contributed by atoms with Crippen LogP contribution in [0.3, 0.4) is 0 Å². The van der Waals surface area contributed by atoms with Gasteiger partial charge in [0.05, 0.1) is 16.3 Å². The molecule has 0 heterocycles. The van der Waals surface area contributed by atoms with Crippen molar-refractivity contribution in [2.45, 2.75) is 71.1 Å². The topological polar surface area (TPSA) is 103 Å². The summed E-state index contributed by atoms with van der Waals surface area (Å²) in [6.45, 7) is 2.00. The van der Waals surface area contributed by atoms with Gasteiger partial charge in [0, 0.05) is 12.8 Å². The summed E-state index contributed by atoms with van der Waals surface area (Å²) in [6, 6.07) is 0. The molecular weight excluding hydrogens is 348 g/mol. The van der Waals surface area contributed by atoms with E-state index in [-0.39, 0.29) is 22.7 Å². The number of hydrogen-bond acceptors (Lipinski definition) is 5. The molecule has 0 saturated carbocycles. The number of nitrogens with zero attached hydrogens (tertiary/aromatic N) is 2. The molecule has 0 N–H and O–H groups in total. The zero-order chi connectivity index (χ0) is 20.3. The van der Waals surface area contributed by atoms with Crippen LogP contribution in [-0.2, 0) is 4.79 Å². The monoisotopic (exact) mass is 377 g/mol. The lowest BCUT2D eigenvalue weighted by Gasteiger charge is -1.99. The predicted octanol–water partition coefficient (Wildman–Crippen LogP) is 5.45. The van der Waals surface area contributed by atoms with Crippen LogP contribution in [0.2, 0.25) is 0 Å². The summed E-state index contributed by atoms with van der Waals surface area (Å²) in [7, 11) is 0. The molecule has 0 atom stereocenters. The number of nitro groups is 2. The molecule has 0 saturated heterocycles. The van der Waals surface area contributed by atoms with Crippen LogP contribution >= 0.6 is 0 Å². The maximum atomic E-state index is 11.1. The van der Waals surface area contributed by atoms with E-state index in [4.69, 9.17) is 0 Å². The van der Waals surface area contributed by atoms with Crippen molar-refractivity contribution in [2.24, 2.45) is 0 Å². The van der Waals surface area contributed by atoms with Gasteiger partial charge in [-0.25, -0.2) is 0 Å². The Kier molecular flexibility index (Phi) is 15.3. The number of carbonyl (C=O) groups excluding carboxylic acids is 1. The quantitative estimate of drug-likeness (QED) is 0.154. The van der Waals surface area contributed by atoms with Crippen molar-refractivity contribution in [3.05, 3.63) is 68.1 Å². The Bertz CT molecular complexity index is 577. The summed E-state index contributed by atoms with van der Waals surface area (Å²) in [5.41, 5.74) is 0.286. The molecule has 0 rings (SSSR count). The minimum absolute atomic E-state index is 0.123. The maximum Gasteiger partial charge on any atom is 0.246 e. The SMILES string of the molecule is CC/C=C/C/C=C(/C/C=C/C/C=C(/CCCCCC[C]=O)[N+](=O)[O-])[N+](=O)[O-]. The van der Waals surface area contributed by atoms with Crippen molar-refractivity contribution in [2.75, 3.05) is 0 Å². The van der Waals surface area contributed by atoms with Gasteiger partial charge < -0.3 is 0 Å². The largest absolute Gasteiger partial charge is 0.291 e. The fourth-order valence-corrected chi connectivity index (χ4v) is 2.33. The average Bonchev–Trinajstić information content (AvgIpc) is 2.63. The minimum Gasteiger partial charge on any atom is -0.291 e. The lowest BCUT2D eigenvalue weighted by atomic mass is 10.1. The van der Waals surface area contributed by atoms with Gasteiger partial charge in [0.2, 0.25) is 11.4 Å². The lowest BCUT2D eigenvalue weighted by Crippen LogP contribution is -1.99. The first-order valence-corrected chi connectivity index (χ1v) is 9.34. The molecule has 0 amide bonds. The fourth-order valence-electron chi connectivity index (χ4n) is 2.33. The van der Waals surface area contributed by atoms with E-state index in [0.717, 1.165) is 25.7 Å². The first kappa shape index (κ1) is 24.4. The van der Waals surface area contributed by atoms with E-state index >= 15 is 0 Å². The Hall–Kier alpha value is -2.57. The van der Waals surface area contributed by atoms with Crippen molar-refractivity contribution in [3.63, 3.8) is 0 Å². The van der Waals surface area contributed by atoms with Crippen LogP contribution in [0.15, 0.2) is 47.9 Å². The molecule has 0 aliphatic rings. The van der Waals surface area contributed by atoms with Gasteiger partial charge in [-0.15, -0.1) is 0 Å². The predicted molar refractivity (Wildman–Crippen MR) is 106 cm³/mol. The second kappa shape index (κ2) is 16.9. The molecule has 1 radical (unpaired) electrons. The van der Waals surface area contributed by atoms with E-state index in [2.05, 4.69) is 0 Å². The van der Waals surface area contributed by atoms with Gasteiger partial charge in [-0.3, -0.25) is 25.0 Å². The van der Waals surface area contributed by atoms with Crippen molar-refractivity contribution in [3.8, 4) is 0 Å². The van der Waals surface area contributed by atoms with E-state index in [1.807, 2.05) is 25.4 Å². The Balaban J connectivity index is 4.40. The summed E-state index contributed by atoms with van der Waals surface area (Å²) in [5.74, 6) is 0. The smallest absolute Gasteiger partial charge is 0.246 e. The molecule has 0 aromatic carbocycles. The molecule has 0 aliphatic carbocycles. The molecule has 7 heteroatoms. The summed E-state index contributed by atoms with van der Waals surface area (Å²) < 4.78 is 0. The highest BCUT2D eigenvalue weighted by Gasteiger charge is 2.09. The third-order valence-corrected chi connectivity index (χ3v) is 3.81. The lowest BCUT2D eigenvalue weighted by molar-refractivity contribution is -0.428. The second-order valence-corrected chi connectivity index (χ2v) is 5.99. The van der Waals surface area contributed by atoms with Gasteiger partial charge in [-0.05, 0) is 44.3 Å². The molecule has 149 valence electrons. The molecule has 0 bridgehead atoms. The zero-order valence-electron chi connectivity index (χ0n) is 16.0. The number of unbranched alkanes of at least 4 members (excludes halogenated alkanes) is 4. The number of allylic oxidation sites excluding steroid dienone is 7. The maximum absolute atomic E-state index is 11.1. The zero-order valence-corrected chi connectivity index (χ0v) is 16.0. The second-order valence-electron chi connectivity index (χ2n) is 5.99. The van der Waals surface area contributed by atoms with Crippen LogP contribution in [0.4, 0.5) is 0 Å². The third-order valence-electron chi connectivity index (χ3n) is 3.81. The Labute approximate surface area is 160 Å². The molecular formula is C20H29N2O5. The third kappa shape index (κ3) is 14.3. The van der Waals surface area contributed by atoms with E-state index in [1.165, 1.54) is 0 Å². The van der Waals surface area contributed by atoms with Gasteiger partial charge in [-0.2, -0.15) is 0 Å². The Morgan fingerprint density at radius 3 is 2.04 bits per heavy atom. The summed E-state index contributed by atoms with van der Waals surface area (Å²) in [5, 5.41) is 22.0. The molecule has 7 nitrogen and oxygen atoms in total. The van der Waals surface area contributed by atoms with E-state index < -0.39 is 4.92 Å². The van der Waals surface area contributed by atoms with E-state index in [0.29, 0.717) is 32.1 Å². The summed E-state index contributed by atoms with van der Waals surface area (Å²) >= 11 is 0. The molecule has 0 aliphatic heterocycles. The molecule has 0 unspecified atom stereocenters. The molecule has 0 aromatic rings. The van der Waals surface area contributed by atoms with Gasteiger partial charge in [0.1, 0.15) is 0 Å². The number of rotatable bonds is 16. The van der Waals surface area contributed by atoms with Crippen molar-refractivity contribution in [1.82, 2.24) is 0 Å². The Morgan fingerprint density at radius 2 is 1.44 bits per heavy atom. The highest BCUT2D eigenvalue weighted by molar-refractivity contribution is 5.50. The summed E-state index contributed by atoms with van der Waals surface area (Å²) in [4.78, 5) is 31.4. The number of hydrogen-bond donors (Lipinski definition) is 0. The highest BCUT2D eigenvalue weighted by Crippen LogP contribution is 2.13. The van der Waals surface area contributed by atoms with Crippen molar-refractivity contribution < 1.29 is 14.6 Å². The van der Waals surface area contributed by atoms with Crippen LogP contribution in [0, 0.1) is 20.2 Å². The van der Waals surface area contributed by atoms with Crippen LogP contribution in [0.1, 0.15) is 71.1 Å². The highest BCUT2D eigenvalue weighted by atomic mass is 16.6. The van der Waals surface area contributed by atoms with Crippen LogP contribution < -0.4 is 0 Å². The van der Waals surface area contributed by atoms with Gasteiger partial charge >= 0.3 is 0 Å². The normalized spacial score (nSPS) is 12.8. The van der Waals surface area contributed by atoms with Crippen molar-refractivity contribution in [1.29, 1.82) is 0 Å². The van der Waals surface area contributed by atoms with Crippen LogP contribution in [0.5, 0.6) is 0 Å². The van der Waals surface area contributed by atoms with Crippen LogP contribution in [-0.4, -0.2) is 16.1 Å².